The molecule has 0 aliphatic heterocycles. The lowest BCUT2D eigenvalue weighted by Gasteiger charge is -2.21. The first-order valence-corrected chi connectivity index (χ1v) is 7.41. The van der Waals surface area contributed by atoms with E-state index < -0.39 is 9.84 Å². The predicted molar refractivity (Wildman–Crippen MR) is 63.7 cm³/mol. The van der Waals surface area contributed by atoms with E-state index in [0.717, 1.165) is 25.7 Å². The van der Waals surface area contributed by atoms with Crippen molar-refractivity contribution in [3.05, 3.63) is 12.7 Å². The molecule has 1 saturated carbocycles. The summed E-state index contributed by atoms with van der Waals surface area (Å²) in [5.41, 5.74) is 0. The molecule has 4 heteroatoms. The quantitative estimate of drug-likeness (QED) is 0.557. The van der Waals surface area contributed by atoms with Gasteiger partial charge in [-0.3, -0.25) is 0 Å². The van der Waals surface area contributed by atoms with Gasteiger partial charge in [-0.1, -0.05) is 25.3 Å². The molecule has 0 unspecified atom stereocenters. The Kier molecular flexibility index (Phi) is 5.32. The first kappa shape index (κ1) is 12.7. The molecule has 1 N–H and O–H groups in total. The second-order valence-electron chi connectivity index (χ2n) is 4.12. The fraction of sp³-hybridized carbons (Fsp3) is 0.818. The predicted octanol–water partition coefficient (Wildman–Crippen LogP) is 1.51. The molecule has 3 nitrogen and oxygen atoms in total. The van der Waals surface area contributed by atoms with Crippen LogP contribution in [0.1, 0.15) is 32.1 Å². The van der Waals surface area contributed by atoms with Crippen molar-refractivity contribution in [1.82, 2.24) is 5.32 Å². The van der Waals surface area contributed by atoms with Crippen molar-refractivity contribution in [2.24, 2.45) is 0 Å². The van der Waals surface area contributed by atoms with Gasteiger partial charge in [-0.15, -0.1) is 6.58 Å². The summed E-state index contributed by atoms with van der Waals surface area (Å²) in [6.45, 7) is 4.80. The second kappa shape index (κ2) is 6.28. The van der Waals surface area contributed by atoms with Gasteiger partial charge < -0.3 is 5.32 Å². The normalized spacial score (nSPS) is 18.9. The minimum Gasteiger partial charge on any atom is -0.312 e. The van der Waals surface area contributed by atoms with Crippen molar-refractivity contribution in [3.63, 3.8) is 0 Å². The Morgan fingerprint density at radius 2 is 1.93 bits per heavy atom. The molecule has 88 valence electrons. The van der Waals surface area contributed by atoms with E-state index in [1.165, 1.54) is 6.42 Å². The Bertz CT molecular complexity index is 279. The molecule has 0 spiro atoms. The lowest BCUT2D eigenvalue weighted by atomic mass is 10.0. The third kappa shape index (κ3) is 4.34. The fourth-order valence-corrected chi connectivity index (χ4v) is 3.82. The first-order valence-electron chi connectivity index (χ1n) is 5.70. The standard InChI is InChI=1S/C11H21NO2S/c1-2-8-12-9-10-15(13,14)11-6-4-3-5-7-11/h2,11-12H,1,3-10H2. The van der Waals surface area contributed by atoms with Crippen LogP contribution in [0.5, 0.6) is 0 Å². The molecule has 15 heavy (non-hydrogen) atoms. The zero-order valence-electron chi connectivity index (χ0n) is 9.24. The molecule has 1 aliphatic carbocycles. The highest BCUT2D eigenvalue weighted by molar-refractivity contribution is 7.92. The Hall–Kier alpha value is -0.350. The number of hydrogen-bond donors (Lipinski definition) is 1. The lowest BCUT2D eigenvalue weighted by Crippen LogP contribution is -2.31. The summed E-state index contributed by atoms with van der Waals surface area (Å²) in [7, 11) is -2.86. The van der Waals surface area contributed by atoms with Gasteiger partial charge in [0.15, 0.2) is 9.84 Å². The summed E-state index contributed by atoms with van der Waals surface area (Å²) in [5.74, 6) is 0.269. The average Bonchev–Trinajstić information content (AvgIpc) is 2.26. The number of nitrogens with one attached hydrogen (secondary N) is 1. The third-order valence-corrected chi connectivity index (χ3v) is 5.17. The van der Waals surface area contributed by atoms with Crippen LogP contribution >= 0.6 is 0 Å². The molecule has 0 radical (unpaired) electrons. The van der Waals surface area contributed by atoms with Gasteiger partial charge in [0.2, 0.25) is 0 Å². The van der Waals surface area contributed by atoms with Crippen LogP contribution in [0, 0.1) is 0 Å². The van der Waals surface area contributed by atoms with Gasteiger partial charge in [-0.2, -0.15) is 0 Å². The molecule has 1 rings (SSSR count). The molecule has 0 amide bonds. The number of sulfone groups is 1. The zero-order chi connectivity index (χ0) is 11.1. The third-order valence-electron chi connectivity index (χ3n) is 2.91. The molecule has 0 bridgehead atoms. The van der Waals surface area contributed by atoms with Crippen molar-refractivity contribution >= 4 is 9.84 Å². The molecular formula is C11H21NO2S. The van der Waals surface area contributed by atoms with Crippen LogP contribution in [-0.2, 0) is 9.84 Å². The van der Waals surface area contributed by atoms with Crippen molar-refractivity contribution in [2.45, 2.75) is 37.4 Å². The topological polar surface area (TPSA) is 46.2 Å². The van der Waals surface area contributed by atoms with E-state index >= 15 is 0 Å². The van der Waals surface area contributed by atoms with E-state index in [0.29, 0.717) is 13.1 Å². The van der Waals surface area contributed by atoms with Gasteiger partial charge in [0, 0.05) is 13.1 Å². The van der Waals surface area contributed by atoms with E-state index in [2.05, 4.69) is 11.9 Å². The van der Waals surface area contributed by atoms with Crippen LogP contribution in [0.2, 0.25) is 0 Å². The van der Waals surface area contributed by atoms with Crippen molar-refractivity contribution < 1.29 is 8.42 Å². The first-order chi connectivity index (χ1) is 7.17. The summed E-state index contributed by atoms with van der Waals surface area (Å²) in [6.07, 6.45) is 6.81. The van der Waals surface area contributed by atoms with Gasteiger partial charge in [0.05, 0.1) is 11.0 Å². The summed E-state index contributed by atoms with van der Waals surface area (Å²) >= 11 is 0. The average molecular weight is 231 g/mol. The molecule has 0 aromatic carbocycles. The lowest BCUT2D eigenvalue weighted by molar-refractivity contribution is 0.483. The van der Waals surface area contributed by atoms with E-state index in [4.69, 9.17) is 0 Å². The molecule has 1 fully saturated rings. The minimum atomic E-state index is -2.86. The Morgan fingerprint density at radius 1 is 1.27 bits per heavy atom. The molecule has 0 atom stereocenters. The Balaban J connectivity index is 2.33. The van der Waals surface area contributed by atoms with E-state index in [1.54, 1.807) is 6.08 Å². The van der Waals surface area contributed by atoms with E-state index in [-0.39, 0.29) is 11.0 Å². The maximum absolute atomic E-state index is 11.9. The zero-order valence-corrected chi connectivity index (χ0v) is 10.1. The molecule has 0 saturated heterocycles. The monoisotopic (exact) mass is 231 g/mol. The molecule has 1 aliphatic rings. The largest absolute Gasteiger partial charge is 0.312 e. The highest BCUT2D eigenvalue weighted by atomic mass is 32.2. The highest BCUT2D eigenvalue weighted by Gasteiger charge is 2.26. The SMILES string of the molecule is C=CCNCCS(=O)(=O)C1CCCCC1. The van der Waals surface area contributed by atoms with Crippen LogP contribution in [-0.4, -0.2) is 32.5 Å². The van der Waals surface area contributed by atoms with Crippen LogP contribution in [0.25, 0.3) is 0 Å². The number of hydrogen-bond acceptors (Lipinski definition) is 3. The van der Waals surface area contributed by atoms with Gasteiger partial charge in [-0.05, 0) is 12.8 Å². The highest BCUT2D eigenvalue weighted by Crippen LogP contribution is 2.23. The Labute approximate surface area is 92.9 Å². The summed E-state index contributed by atoms with van der Waals surface area (Å²) in [5, 5.41) is 2.96. The van der Waals surface area contributed by atoms with Gasteiger partial charge in [0.25, 0.3) is 0 Å². The van der Waals surface area contributed by atoms with Crippen molar-refractivity contribution in [3.8, 4) is 0 Å². The molecule has 0 aromatic rings. The summed E-state index contributed by atoms with van der Waals surface area (Å²) < 4.78 is 23.8. The van der Waals surface area contributed by atoms with Crippen LogP contribution in [0.3, 0.4) is 0 Å². The van der Waals surface area contributed by atoms with Gasteiger partial charge in [-0.25, -0.2) is 8.42 Å². The molecular weight excluding hydrogens is 210 g/mol. The maximum Gasteiger partial charge on any atom is 0.154 e. The molecule has 0 heterocycles. The van der Waals surface area contributed by atoms with Crippen molar-refractivity contribution in [2.75, 3.05) is 18.8 Å². The fourth-order valence-electron chi connectivity index (χ4n) is 2.01. The van der Waals surface area contributed by atoms with Crippen LogP contribution in [0.4, 0.5) is 0 Å². The van der Waals surface area contributed by atoms with Crippen molar-refractivity contribution in [1.29, 1.82) is 0 Å². The second-order valence-corrected chi connectivity index (χ2v) is 6.52. The summed E-state index contributed by atoms with van der Waals surface area (Å²) in [4.78, 5) is 0. The van der Waals surface area contributed by atoms with Gasteiger partial charge in [0.1, 0.15) is 0 Å². The van der Waals surface area contributed by atoms with Crippen LogP contribution < -0.4 is 5.32 Å². The minimum absolute atomic E-state index is 0.0724. The maximum atomic E-state index is 11.9. The number of rotatable bonds is 6. The molecule has 0 aromatic heterocycles. The smallest absolute Gasteiger partial charge is 0.154 e. The van der Waals surface area contributed by atoms with Crippen LogP contribution in [0.15, 0.2) is 12.7 Å². The summed E-state index contributed by atoms with van der Waals surface area (Å²) in [6, 6.07) is 0. The van der Waals surface area contributed by atoms with Gasteiger partial charge >= 0.3 is 0 Å². The van der Waals surface area contributed by atoms with E-state index in [1.807, 2.05) is 0 Å². The van der Waals surface area contributed by atoms with E-state index in [9.17, 15) is 8.42 Å². The Morgan fingerprint density at radius 3 is 2.53 bits per heavy atom.